The molecule has 2 aromatic rings. The Bertz CT molecular complexity index is 530. The first-order valence-electron chi connectivity index (χ1n) is 5.87. The number of aromatic nitrogens is 5. The van der Waals surface area contributed by atoms with Crippen molar-refractivity contribution < 1.29 is 5.11 Å². The van der Waals surface area contributed by atoms with Gasteiger partial charge in [-0.3, -0.25) is 0 Å². The van der Waals surface area contributed by atoms with E-state index >= 15 is 0 Å². The largest absolute Gasteiger partial charge is 0.393 e. The third-order valence-electron chi connectivity index (χ3n) is 2.52. The smallest absolute Gasteiger partial charge is 0.256 e. The van der Waals surface area contributed by atoms with Gasteiger partial charge in [-0.1, -0.05) is 0 Å². The number of nitrogens with zero attached hydrogens (tertiary/aromatic N) is 6. The highest BCUT2D eigenvalue weighted by Gasteiger charge is 2.11. The monoisotopic (exact) mass is 282 g/mol. The predicted molar refractivity (Wildman–Crippen MR) is 71.5 cm³/mol. The molecule has 1 unspecified atom stereocenters. The fourth-order valence-corrected chi connectivity index (χ4v) is 1.62. The Balaban J connectivity index is 2.21. The number of aliphatic hydroxyl groups excluding tert-OH is 1. The minimum Gasteiger partial charge on any atom is -0.393 e. The SMILES string of the molecule is CC(O)CCN(C)c1nc(Cl)nc(-n2cccn2)n1. The van der Waals surface area contributed by atoms with Crippen molar-refractivity contribution in [2.45, 2.75) is 19.4 Å². The van der Waals surface area contributed by atoms with Gasteiger partial charge in [-0.2, -0.15) is 20.1 Å². The molecule has 7 nitrogen and oxygen atoms in total. The molecule has 1 N–H and O–H groups in total. The Morgan fingerprint density at radius 3 is 2.84 bits per heavy atom. The Kier molecular flexibility index (Phi) is 4.28. The van der Waals surface area contributed by atoms with Gasteiger partial charge in [0.1, 0.15) is 0 Å². The van der Waals surface area contributed by atoms with E-state index in [0.29, 0.717) is 24.9 Å². The van der Waals surface area contributed by atoms with E-state index in [2.05, 4.69) is 20.1 Å². The summed E-state index contributed by atoms with van der Waals surface area (Å²) in [5, 5.41) is 13.4. The van der Waals surface area contributed by atoms with Crippen LogP contribution >= 0.6 is 11.6 Å². The van der Waals surface area contributed by atoms with Gasteiger partial charge in [-0.15, -0.1) is 0 Å². The highest BCUT2D eigenvalue weighted by atomic mass is 35.5. The summed E-state index contributed by atoms with van der Waals surface area (Å²) >= 11 is 5.89. The molecule has 2 rings (SSSR count). The van der Waals surface area contributed by atoms with Crippen molar-refractivity contribution >= 4 is 17.5 Å². The fourth-order valence-electron chi connectivity index (χ4n) is 1.47. The normalized spacial score (nSPS) is 12.4. The molecule has 19 heavy (non-hydrogen) atoms. The van der Waals surface area contributed by atoms with Crippen molar-refractivity contribution in [1.82, 2.24) is 24.7 Å². The molecular formula is C11H15ClN6O. The Hall–Kier alpha value is -1.73. The zero-order valence-electron chi connectivity index (χ0n) is 10.7. The average Bonchev–Trinajstić information content (AvgIpc) is 2.89. The van der Waals surface area contributed by atoms with Crippen LogP contribution in [0.25, 0.3) is 5.95 Å². The van der Waals surface area contributed by atoms with Gasteiger partial charge >= 0.3 is 0 Å². The van der Waals surface area contributed by atoms with Crippen molar-refractivity contribution in [2.24, 2.45) is 0 Å². The number of hydrogen-bond acceptors (Lipinski definition) is 6. The molecule has 0 aliphatic carbocycles. The molecule has 0 saturated heterocycles. The van der Waals surface area contributed by atoms with Crippen LogP contribution in [0.1, 0.15) is 13.3 Å². The minimum absolute atomic E-state index is 0.111. The Morgan fingerprint density at radius 1 is 1.42 bits per heavy atom. The number of aliphatic hydroxyl groups is 1. The molecule has 2 aromatic heterocycles. The standard InChI is InChI=1S/C11H15ClN6O/c1-8(19)4-7-17(2)10-14-9(12)15-11(16-10)18-6-3-5-13-18/h3,5-6,8,19H,4,7H2,1-2H3. The summed E-state index contributed by atoms with van der Waals surface area (Å²) in [7, 11) is 1.83. The summed E-state index contributed by atoms with van der Waals surface area (Å²) in [6.45, 7) is 2.36. The van der Waals surface area contributed by atoms with Crippen LogP contribution in [-0.2, 0) is 0 Å². The lowest BCUT2D eigenvalue weighted by molar-refractivity contribution is 0.186. The van der Waals surface area contributed by atoms with Crippen LogP contribution in [0.2, 0.25) is 5.28 Å². The Morgan fingerprint density at radius 2 is 2.21 bits per heavy atom. The summed E-state index contributed by atoms with van der Waals surface area (Å²) in [4.78, 5) is 14.2. The van der Waals surface area contributed by atoms with Gasteiger partial charge in [0.25, 0.3) is 5.95 Å². The highest BCUT2D eigenvalue weighted by molar-refractivity contribution is 6.28. The first-order chi connectivity index (χ1) is 9.06. The van der Waals surface area contributed by atoms with Gasteiger partial charge in [0, 0.05) is 26.0 Å². The highest BCUT2D eigenvalue weighted by Crippen LogP contribution is 2.12. The lowest BCUT2D eigenvalue weighted by Gasteiger charge is -2.18. The number of rotatable bonds is 5. The van der Waals surface area contributed by atoms with Crippen LogP contribution < -0.4 is 4.90 Å². The first kappa shape index (κ1) is 13.7. The third kappa shape index (κ3) is 3.62. The third-order valence-corrected chi connectivity index (χ3v) is 2.69. The zero-order valence-corrected chi connectivity index (χ0v) is 11.5. The molecule has 0 radical (unpaired) electrons. The van der Waals surface area contributed by atoms with Crippen LogP contribution in [0.15, 0.2) is 18.5 Å². The van der Waals surface area contributed by atoms with Gasteiger partial charge in [-0.25, -0.2) is 4.68 Å². The molecule has 0 fully saturated rings. The summed E-state index contributed by atoms with van der Waals surface area (Å²) in [6.07, 6.45) is 3.61. The molecule has 0 bridgehead atoms. The van der Waals surface area contributed by atoms with E-state index in [9.17, 15) is 5.11 Å². The molecule has 0 aromatic carbocycles. The molecule has 0 aliphatic heterocycles. The van der Waals surface area contributed by atoms with Gasteiger partial charge in [0.2, 0.25) is 11.2 Å². The van der Waals surface area contributed by atoms with E-state index in [1.807, 2.05) is 11.9 Å². The maximum absolute atomic E-state index is 9.29. The number of anilines is 1. The van der Waals surface area contributed by atoms with Crippen molar-refractivity contribution in [3.63, 3.8) is 0 Å². The van der Waals surface area contributed by atoms with E-state index in [1.165, 1.54) is 4.68 Å². The van der Waals surface area contributed by atoms with Crippen molar-refractivity contribution in [2.75, 3.05) is 18.5 Å². The molecule has 0 aliphatic rings. The summed E-state index contributed by atoms with van der Waals surface area (Å²) in [5.41, 5.74) is 0. The van der Waals surface area contributed by atoms with Crippen LogP contribution in [0.3, 0.4) is 0 Å². The quantitative estimate of drug-likeness (QED) is 0.878. The van der Waals surface area contributed by atoms with Crippen molar-refractivity contribution in [3.05, 3.63) is 23.7 Å². The molecule has 0 spiro atoms. The summed E-state index contributed by atoms with van der Waals surface area (Å²) in [6, 6.07) is 1.77. The second kappa shape index (κ2) is 5.94. The predicted octanol–water partition coefficient (Wildman–Crippen LogP) is 0.918. The van der Waals surface area contributed by atoms with Crippen molar-refractivity contribution in [1.29, 1.82) is 0 Å². The first-order valence-corrected chi connectivity index (χ1v) is 6.25. The second-order valence-electron chi connectivity index (χ2n) is 4.21. The van der Waals surface area contributed by atoms with Crippen LogP contribution in [0.5, 0.6) is 0 Å². The van der Waals surface area contributed by atoms with Crippen LogP contribution in [0, 0.1) is 0 Å². The molecule has 102 valence electrons. The fraction of sp³-hybridized carbons (Fsp3) is 0.455. The maximum Gasteiger partial charge on any atom is 0.256 e. The number of hydrogen-bond donors (Lipinski definition) is 1. The van der Waals surface area contributed by atoms with Gasteiger partial charge in [0.15, 0.2) is 0 Å². The molecule has 0 amide bonds. The second-order valence-corrected chi connectivity index (χ2v) is 4.55. The van der Waals surface area contributed by atoms with Gasteiger partial charge < -0.3 is 10.0 Å². The summed E-state index contributed by atoms with van der Waals surface area (Å²) in [5.74, 6) is 0.815. The molecular weight excluding hydrogens is 268 g/mol. The van der Waals surface area contributed by atoms with E-state index in [-0.39, 0.29) is 11.4 Å². The maximum atomic E-state index is 9.29. The lowest BCUT2D eigenvalue weighted by Crippen LogP contribution is -2.24. The molecule has 8 heteroatoms. The molecule has 2 heterocycles. The summed E-state index contributed by atoms with van der Waals surface area (Å²) < 4.78 is 1.51. The van der Waals surface area contributed by atoms with Crippen LogP contribution in [-0.4, -0.2) is 49.5 Å². The number of halogens is 1. The van der Waals surface area contributed by atoms with Gasteiger partial charge in [0.05, 0.1) is 6.10 Å². The zero-order chi connectivity index (χ0) is 13.8. The van der Waals surface area contributed by atoms with Crippen molar-refractivity contribution in [3.8, 4) is 5.95 Å². The van der Waals surface area contributed by atoms with E-state index < -0.39 is 0 Å². The molecule has 1 atom stereocenters. The van der Waals surface area contributed by atoms with E-state index in [1.54, 1.807) is 25.4 Å². The topological polar surface area (TPSA) is 80.0 Å². The Labute approximate surface area is 115 Å². The minimum atomic E-state index is -0.370. The van der Waals surface area contributed by atoms with E-state index in [4.69, 9.17) is 11.6 Å². The van der Waals surface area contributed by atoms with Crippen LogP contribution in [0.4, 0.5) is 5.95 Å². The molecule has 0 saturated carbocycles. The lowest BCUT2D eigenvalue weighted by atomic mass is 10.3. The average molecular weight is 283 g/mol. The van der Waals surface area contributed by atoms with Gasteiger partial charge in [-0.05, 0) is 31.0 Å². The van der Waals surface area contributed by atoms with E-state index in [0.717, 1.165) is 0 Å².